The number of halogens is 1. The van der Waals surface area contributed by atoms with Crippen LogP contribution in [0.15, 0.2) is 78.9 Å². The van der Waals surface area contributed by atoms with E-state index in [4.69, 9.17) is 11.6 Å². The monoisotopic (exact) mass is 395 g/mol. The third-order valence-electron chi connectivity index (χ3n) is 4.44. The number of nitrogens with one attached hydrogen (secondary N) is 1. The molecule has 0 radical (unpaired) electrons. The molecule has 0 aromatic heterocycles. The van der Waals surface area contributed by atoms with Gasteiger partial charge in [-0.3, -0.25) is 4.79 Å². The summed E-state index contributed by atoms with van der Waals surface area (Å²) in [7, 11) is 0. The van der Waals surface area contributed by atoms with Gasteiger partial charge < -0.3 is 5.32 Å². The zero-order chi connectivity index (χ0) is 19.2. The summed E-state index contributed by atoms with van der Waals surface area (Å²) in [5.74, 6) is -0.0257. The molecule has 0 bridgehead atoms. The first-order chi connectivity index (χ1) is 13.1. The van der Waals surface area contributed by atoms with E-state index in [0.29, 0.717) is 5.02 Å². The van der Waals surface area contributed by atoms with E-state index in [-0.39, 0.29) is 16.4 Å². The van der Waals surface area contributed by atoms with Gasteiger partial charge in [0.2, 0.25) is 5.91 Å². The Hall–Kier alpha value is -2.23. The molecule has 0 heterocycles. The number of carbonyl (C=O) groups is 1. The first kappa shape index (κ1) is 19.5. The average Bonchev–Trinajstić information content (AvgIpc) is 2.70. The van der Waals surface area contributed by atoms with Crippen LogP contribution in [0.25, 0.3) is 0 Å². The Kier molecular flexibility index (Phi) is 6.59. The highest BCUT2D eigenvalue weighted by Gasteiger charge is 2.22. The van der Waals surface area contributed by atoms with Gasteiger partial charge in [-0.2, -0.15) is 0 Å². The minimum absolute atomic E-state index is 0.0257. The van der Waals surface area contributed by atoms with E-state index in [1.807, 2.05) is 68.4 Å². The molecular formula is C23H22ClNOS. The van der Waals surface area contributed by atoms with Gasteiger partial charge in [-0.25, -0.2) is 0 Å². The van der Waals surface area contributed by atoms with Crippen molar-refractivity contribution in [1.82, 2.24) is 0 Å². The van der Waals surface area contributed by atoms with Crippen LogP contribution in [0.1, 0.15) is 28.9 Å². The van der Waals surface area contributed by atoms with E-state index in [0.717, 1.165) is 11.3 Å². The molecule has 4 heteroatoms. The van der Waals surface area contributed by atoms with Gasteiger partial charge in [-0.05, 0) is 42.7 Å². The quantitative estimate of drug-likeness (QED) is 0.516. The molecule has 3 rings (SSSR count). The van der Waals surface area contributed by atoms with E-state index in [9.17, 15) is 4.79 Å². The lowest BCUT2D eigenvalue weighted by atomic mass is 10.0. The fraction of sp³-hybridized carbons (Fsp3) is 0.174. The van der Waals surface area contributed by atoms with Gasteiger partial charge in [0.05, 0.1) is 10.5 Å². The van der Waals surface area contributed by atoms with Crippen molar-refractivity contribution >= 4 is 35.0 Å². The van der Waals surface area contributed by atoms with Crippen molar-refractivity contribution in [2.24, 2.45) is 0 Å². The van der Waals surface area contributed by atoms with Crippen molar-refractivity contribution in [2.75, 3.05) is 5.32 Å². The summed E-state index contributed by atoms with van der Waals surface area (Å²) in [5.41, 5.74) is 4.02. The molecule has 0 spiro atoms. The molecule has 138 valence electrons. The van der Waals surface area contributed by atoms with Crippen molar-refractivity contribution in [3.05, 3.63) is 101 Å². The second-order valence-electron chi connectivity index (χ2n) is 6.38. The van der Waals surface area contributed by atoms with Gasteiger partial charge in [0.15, 0.2) is 0 Å². The molecule has 3 aromatic carbocycles. The molecule has 1 amide bonds. The standard InChI is InChI=1S/C23H22ClNOS/c1-16-20(24)14-9-15-21(16)25-23(26)17(2)27-22(18-10-5-3-6-11-18)19-12-7-4-8-13-19/h3-15,17,22H,1-2H3,(H,25,26). The predicted octanol–water partition coefficient (Wildman–Crippen LogP) is 6.50. The first-order valence-electron chi connectivity index (χ1n) is 8.87. The van der Waals surface area contributed by atoms with Gasteiger partial charge in [-0.1, -0.05) is 78.3 Å². The highest BCUT2D eigenvalue weighted by molar-refractivity contribution is 8.01. The van der Waals surface area contributed by atoms with Crippen LogP contribution in [0, 0.1) is 6.92 Å². The topological polar surface area (TPSA) is 29.1 Å². The van der Waals surface area contributed by atoms with Crippen LogP contribution in [0.3, 0.4) is 0 Å². The first-order valence-corrected chi connectivity index (χ1v) is 10.2. The van der Waals surface area contributed by atoms with Crippen LogP contribution < -0.4 is 5.32 Å². The zero-order valence-electron chi connectivity index (χ0n) is 15.4. The van der Waals surface area contributed by atoms with Gasteiger partial charge in [0, 0.05) is 10.7 Å². The molecule has 0 saturated carbocycles. The highest BCUT2D eigenvalue weighted by Crippen LogP contribution is 2.38. The number of amides is 1. The average molecular weight is 396 g/mol. The zero-order valence-corrected chi connectivity index (χ0v) is 16.9. The fourth-order valence-electron chi connectivity index (χ4n) is 2.85. The third kappa shape index (κ3) is 4.94. The molecule has 1 atom stereocenters. The maximum absolute atomic E-state index is 12.8. The van der Waals surface area contributed by atoms with E-state index < -0.39 is 0 Å². The normalized spacial score (nSPS) is 12.0. The number of carbonyl (C=O) groups excluding carboxylic acids is 1. The smallest absolute Gasteiger partial charge is 0.237 e. The number of hydrogen-bond acceptors (Lipinski definition) is 2. The SMILES string of the molecule is Cc1c(Cl)cccc1NC(=O)C(C)SC(c1ccccc1)c1ccccc1. The fourth-order valence-corrected chi connectivity index (χ4v) is 4.24. The maximum atomic E-state index is 12.8. The van der Waals surface area contributed by atoms with Crippen molar-refractivity contribution in [3.8, 4) is 0 Å². The Balaban J connectivity index is 1.79. The largest absolute Gasteiger partial charge is 0.325 e. The van der Waals surface area contributed by atoms with Crippen molar-refractivity contribution in [3.63, 3.8) is 0 Å². The summed E-state index contributed by atoms with van der Waals surface area (Å²) in [4.78, 5) is 12.8. The summed E-state index contributed by atoms with van der Waals surface area (Å²) in [6.07, 6.45) is 0. The van der Waals surface area contributed by atoms with E-state index in [1.165, 1.54) is 11.1 Å². The highest BCUT2D eigenvalue weighted by atomic mass is 35.5. The lowest BCUT2D eigenvalue weighted by Gasteiger charge is -2.22. The summed E-state index contributed by atoms with van der Waals surface area (Å²) in [6, 6.07) is 26.1. The second-order valence-corrected chi connectivity index (χ2v) is 8.24. The number of thioether (sulfide) groups is 1. The summed E-state index contributed by atoms with van der Waals surface area (Å²) in [6.45, 7) is 3.85. The number of hydrogen-bond donors (Lipinski definition) is 1. The van der Waals surface area contributed by atoms with E-state index in [1.54, 1.807) is 11.8 Å². The number of benzene rings is 3. The molecule has 1 unspecified atom stereocenters. The predicted molar refractivity (Wildman–Crippen MR) is 117 cm³/mol. The molecule has 1 N–H and O–H groups in total. The van der Waals surface area contributed by atoms with Crippen molar-refractivity contribution < 1.29 is 4.79 Å². The molecular weight excluding hydrogens is 374 g/mol. The Morgan fingerprint density at radius 2 is 1.44 bits per heavy atom. The molecule has 0 aliphatic heterocycles. The van der Waals surface area contributed by atoms with E-state index in [2.05, 4.69) is 29.6 Å². The Morgan fingerprint density at radius 1 is 0.889 bits per heavy atom. The van der Waals surface area contributed by atoms with Crippen LogP contribution in [-0.4, -0.2) is 11.2 Å². The Bertz CT molecular complexity index is 859. The minimum Gasteiger partial charge on any atom is -0.325 e. The summed E-state index contributed by atoms with van der Waals surface area (Å²) in [5, 5.41) is 3.53. The lowest BCUT2D eigenvalue weighted by molar-refractivity contribution is -0.115. The number of rotatable bonds is 6. The maximum Gasteiger partial charge on any atom is 0.237 e. The lowest BCUT2D eigenvalue weighted by Crippen LogP contribution is -2.24. The molecule has 0 saturated heterocycles. The van der Waals surface area contributed by atoms with Crippen molar-refractivity contribution in [1.29, 1.82) is 0 Å². The van der Waals surface area contributed by atoms with Gasteiger partial charge in [-0.15, -0.1) is 11.8 Å². The Labute approximate surface area is 170 Å². The third-order valence-corrected chi connectivity index (χ3v) is 6.29. The van der Waals surface area contributed by atoms with Crippen LogP contribution in [0.2, 0.25) is 5.02 Å². The van der Waals surface area contributed by atoms with Crippen LogP contribution in [0.4, 0.5) is 5.69 Å². The molecule has 3 aromatic rings. The van der Waals surface area contributed by atoms with E-state index >= 15 is 0 Å². The Morgan fingerprint density at radius 3 is 2.00 bits per heavy atom. The molecule has 0 fully saturated rings. The van der Waals surface area contributed by atoms with Crippen LogP contribution in [-0.2, 0) is 4.79 Å². The number of anilines is 1. The van der Waals surface area contributed by atoms with Gasteiger partial charge in [0.1, 0.15) is 0 Å². The van der Waals surface area contributed by atoms with Gasteiger partial charge in [0.25, 0.3) is 0 Å². The van der Waals surface area contributed by atoms with Gasteiger partial charge >= 0.3 is 0 Å². The second kappa shape index (κ2) is 9.12. The molecule has 2 nitrogen and oxygen atoms in total. The summed E-state index contributed by atoms with van der Waals surface area (Å²) >= 11 is 7.81. The minimum atomic E-state index is -0.228. The van der Waals surface area contributed by atoms with Crippen molar-refractivity contribution in [2.45, 2.75) is 24.3 Å². The molecule has 0 aliphatic rings. The summed E-state index contributed by atoms with van der Waals surface area (Å²) < 4.78 is 0. The molecule has 27 heavy (non-hydrogen) atoms. The van der Waals surface area contributed by atoms with Crippen LogP contribution in [0.5, 0.6) is 0 Å². The molecule has 0 aliphatic carbocycles. The van der Waals surface area contributed by atoms with Crippen LogP contribution >= 0.6 is 23.4 Å².